The molecular weight excluding hydrogens is 246 g/mol. The molecule has 96 valence electrons. The molecular formula is C12H17N5S. The van der Waals surface area contributed by atoms with E-state index in [-0.39, 0.29) is 5.95 Å². The van der Waals surface area contributed by atoms with Crippen LogP contribution in [0.1, 0.15) is 9.75 Å². The molecule has 2 rings (SSSR count). The molecule has 0 saturated heterocycles. The maximum absolute atomic E-state index is 5.65. The normalized spacial score (nSPS) is 10.6. The quantitative estimate of drug-likeness (QED) is 0.877. The number of aromatic nitrogens is 2. The molecule has 0 spiro atoms. The predicted molar refractivity (Wildman–Crippen MR) is 76.9 cm³/mol. The Morgan fingerprint density at radius 2 is 2.06 bits per heavy atom. The second kappa shape index (κ2) is 5.22. The van der Waals surface area contributed by atoms with E-state index in [1.54, 1.807) is 6.07 Å². The molecule has 0 saturated carbocycles. The topological polar surface area (TPSA) is 81.1 Å². The van der Waals surface area contributed by atoms with E-state index in [9.17, 15) is 0 Å². The summed E-state index contributed by atoms with van der Waals surface area (Å²) in [6.45, 7) is 2.99. The van der Waals surface area contributed by atoms with Gasteiger partial charge in [-0.3, -0.25) is 0 Å². The van der Waals surface area contributed by atoms with Crippen molar-refractivity contribution in [3.63, 3.8) is 0 Å². The van der Waals surface area contributed by atoms with E-state index < -0.39 is 0 Å². The molecule has 5 nitrogen and oxygen atoms in total. The Morgan fingerprint density at radius 3 is 2.67 bits per heavy atom. The summed E-state index contributed by atoms with van der Waals surface area (Å²) in [5.74, 6) is 1.37. The zero-order valence-electron chi connectivity index (χ0n) is 10.6. The van der Waals surface area contributed by atoms with Crippen LogP contribution in [0.3, 0.4) is 0 Å². The summed E-state index contributed by atoms with van der Waals surface area (Å²) < 4.78 is 0. The summed E-state index contributed by atoms with van der Waals surface area (Å²) in [4.78, 5) is 12.8. The molecule has 18 heavy (non-hydrogen) atoms. The fourth-order valence-corrected chi connectivity index (χ4v) is 2.56. The van der Waals surface area contributed by atoms with Crippen LogP contribution in [0, 0.1) is 6.92 Å². The maximum Gasteiger partial charge on any atom is 0.223 e. The lowest BCUT2D eigenvalue weighted by Crippen LogP contribution is -2.22. The Morgan fingerprint density at radius 1 is 1.28 bits per heavy atom. The molecule has 0 atom stereocenters. The second-order valence-corrected chi connectivity index (χ2v) is 5.57. The summed E-state index contributed by atoms with van der Waals surface area (Å²) in [5.41, 5.74) is 11.2. The van der Waals surface area contributed by atoms with Gasteiger partial charge in [0, 0.05) is 29.4 Å². The first kappa shape index (κ1) is 12.6. The van der Waals surface area contributed by atoms with Crippen LogP contribution < -0.4 is 16.4 Å². The summed E-state index contributed by atoms with van der Waals surface area (Å²) in [6.07, 6.45) is 0.985. The first-order valence-electron chi connectivity index (χ1n) is 5.71. The maximum atomic E-state index is 5.65. The van der Waals surface area contributed by atoms with Gasteiger partial charge in [0.1, 0.15) is 11.6 Å². The molecule has 0 aliphatic carbocycles. The lowest BCUT2D eigenvalue weighted by molar-refractivity contribution is 0.867. The van der Waals surface area contributed by atoms with Crippen molar-refractivity contribution in [2.24, 2.45) is 0 Å². The minimum atomic E-state index is 0.212. The van der Waals surface area contributed by atoms with Crippen LogP contribution in [0.15, 0.2) is 18.2 Å². The number of thiophene rings is 1. The summed E-state index contributed by atoms with van der Waals surface area (Å²) in [5, 5.41) is 0. The molecule has 0 radical (unpaired) electrons. The van der Waals surface area contributed by atoms with Crippen LogP contribution in [-0.4, -0.2) is 23.6 Å². The van der Waals surface area contributed by atoms with Crippen LogP contribution in [0.5, 0.6) is 0 Å². The van der Waals surface area contributed by atoms with Crippen molar-refractivity contribution in [1.29, 1.82) is 0 Å². The zero-order chi connectivity index (χ0) is 13.1. The molecule has 0 amide bonds. The number of nitrogen functional groups attached to an aromatic ring is 2. The van der Waals surface area contributed by atoms with Crippen molar-refractivity contribution >= 4 is 28.9 Å². The van der Waals surface area contributed by atoms with Gasteiger partial charge in [-0.05, 0) is 25.5 Å². The molecule has 2 aromatic rings. The van der Waals surface area contributed by atoms with Crippen LogP contribution >= 0.6 is 11.3 Å². The largest absolute Gasteiger partial charge is 0.383 e. The highest BCUT2D eigenvalue weighted by atomic mass is 32.1. The third kappa shape index (κ3) is 3.10. The van der Waals surface area contributed by atoms with Crippen LogP contribution in [0.4, 0.5) is 17.6 Å². The average Bonchev–Trinajstić information content (AvgIpc) is 2.70. The molecule has 0 bridgehead atoms. The highest BCUT2D eigenvalue weighted by Crippen LogP contribution is 2.18. The Hall–Kier alpha value is -1.82. The van der Waals surface area contributed by atoms with E-state index in [2.05, 4.69) is 29.0 Å². The van der Waals surface area contributed by atoms with Gasteiger partial charge < -0.3 is 16.4 Å². The van der Waals surface area contributed by atoms with Gasteiger partial charge in [0.05, 0.1) is 0 Å². The lowest BCUT2D eigenvalue weighted by atomic mass is 10.3. The number of hydrogen-bond acceptors (Lipinski definition) is 6. The minimum Gasteiger partial charge on any atom is -0.383 e. The number of aryl methyl sites for hydroxylation is 1. The molecule has 2 aromatic heterocycles. The van der Waals surface area contributed by atoms with Crippen molar-refractivity contribution in [3.05, 3.63) is 28.0 Å². The second-order valence-electron chi connectivity index (χ2n) is 4.19. The molecule has 6 heteroatoms. The van der Waals surface area contributed by atoms with Crippen LogP contribution in [-0.2, 0) is 6.42 Å². The fraction of sp³-hybridized carbons (Fsp3) is 0.333. The van der Waals surface area contributed by atoms with E-state index >= 15 is 0 Å². The van der Waals surface area contributed by atoms with E-state index in [0.717, 1.165) is 18.8 Å². The molecule has 0 aromatic carbocycles. The van der Waals surface area contributed by atoms with Crippen molar-refractivity contribution in [2.45, 2.75) is 13.3 Å². The van der Waals surface area contributed by atoms with E-state index in [4.69, 9.17) is 11.5 Å². The van der Waals surface area contributed by atoms with E-state index in [0.29, 0.717) is 5.82 Å². The molecule has 0 aliphatic heterocycles. The average molecular weight is 263 g/mol. The highest BCUT2D eigenvalue weighted by Gasteiger charge is 2.06. The van der Waals surface area contributed by atoms with Crippen molar-refractivity contribution in [1.82, 2.24) is 9.97 Å². The Kier molecular flexibility index (Phi) is 3.66. The van der Waals surface area contributed by atoms with Gasteiger partial charge in [-0.25, -0.2) is 0 Å². The van der Waals surface area contributed by atoms with Crippen LogP contribution in [0.2, 0.25) is 0 Å². The lowest BCUT2D eigenvalue weighted by Gasteiger charge is -2.18. The number of nitrogens with two attached hydrogens (primary N) is 2. The SMILES string of the molecule is Cc1ccc(CCN(C)c2cc(N)nc(N)n2)s1. The third-order valence-electron chi connectivity index (χ3n) is 2.63. The van der Waals surface area contributed by atoms with Gasteiger partial charge in [-0.1, -0.05) is 0 Å². The number of hydrogen-bond donors (Lipinski definition) is 2. The first-order valence-corrected chi connectivity index (χ1v) is 6.53. The molecule has 0 unspecified atom stereocenters. The molecule has 4 N–H and O–H groups in total. The number of rotatable bonds is 4. The predicted octanol–water partition coefficient (Wildman–Crippen LogP) is 1.69. The van der Waals surface area contributed by atoms with Crippen molar-refractivity contribution in [2.75, 3.05) is 30.0 Å². The summed E-state index contributed by atoms with van der Waals surface area (Å²) in [7, 11) is 1.97. The Bertz CT molecular complexity index is 517. The Balaban J connectivity index is 2.01. The first-order chi connectivity index (χ1) is 8.54. The van der Waals surface area contributed by atoms with E-state index in [1.165, 1.54) is 9.75 Å². The summed E-state index contributed by atoms with van der Waals surface area (Å²) in [6, 6.07) is 6.03. The monoisotopic (exact) mass is 263 g/mol. The van der Waals surface area contributed by atoms with Crippen molar-refractivity contribution < 1.29 is 0 Å². The highest BCUT2D eigenvalue weighted by molar-refractivity contribution is 7.11. The smallest absolute Gasteiger partial charge is 0.223 e. The van der Waals surface area contributed by atoms with Crippen LogP contribution in [0.25, 0.3) is 0 Å². The standard InChI is InChI=1S/C12H17N5S/c1-8-3-4-9(18-8)5-6-17(2)11-7-10(13)15-12(14)16-11/h3-4,7H,5-6H2,1-2H3,(H4,13,14,15,16). The number of nitrogens with zero attached hydrogens (tertiary/aromatic N) is 3. The molecule has 0 aliphatic rings. The zero-order valence-corrected chi connectivity index (χ0v) is 11.4. The van der Waals surface area contributed by atoms with Gasteiger partial charge in [0.15, 0.2) is 0 Å². The third-order valence-corrected chi connectivity index (χ3v) is 3.69. The number of anilines is 3. The number of likely N-dealkylation sites (N-methyl/N-ethyl adjacent to an activating group) is 1. The fourth-order valence-electron chi connectivity index (χ4n) is 1.68. The van der Waals surface area contributed by atoms with Gasteiger partial charge in [0.2, 0.25) is 5.95 Å². The molecule has 2 heterocycles. The van der Waals surface area contributed by atoms with Gasteiger partial charge in [-0.15, -0.1) is 11.3 Å². The van der Waals surface area contributed by atoms with E-state index in [1.807, 2.05) is 23.3 Å². The van der Waals surface area contributed by atoms with Gasteiger partial charge >= 0.3 is 0 Å². The minimum absolute atomic E-state index is 0.212. The van der Waals surface area contributed by atoms with Gasteiger partial charge in [0.25, 0.3) is 0 Å². The van der Waals surface area contributed by atoms with Gasteiger partial charge in [-0.2, -0.15) is 9.97 Å². The Labute approximate surface area is 110 Å². The molecule has 0 fully saturated rings. The summed E-state index contributed by atoms with van der Waals surface area (Å²) >= 11 is 1.82. The van der Waals surface area contributed by atoms with Crippen molar-refractivity contribution in [3.8, 4) is 0 Å².